The average Bonchev–Trinajstić information content (AvgIpc) is 2.48. The predicted molar refractivity (Wildman–Crippen MR) is 81.5 cm³/mol. The molecule has 0 aliphatic heterocycles. The van der Waals surface area contributed by atoms with Crippen molar-refractivity contribution in [2.24, 2.45) is 0 Å². The van der Waals surface area contributed by atoms with Crippen LogP contribution in [-0.4, -0.2) is 22.7 Å². The lowest BCUT2D eigenvalue weighted by Crippen LogP contribution is -2.09. The fourth-order valence-electron chi connectivity index (χ4n) is 2.01. The quantitative estimate of drug-likeness (QED) is 0.531. The number of rotatable bonds is 4. The van der Waals surface area contributed by atoms with Crippen molar-refractivity contribution in [2.75, 3.05) is 6.61 Å². The standard InChI is InChI=1S/C17H17NO3/c1-3-21-17(20)15(14-6-4-5-12(2)11-14)16(19)13-7-9-18-10-8-13/h4-11,19H,3H2,1-2H3/b16-15-. The van der Waals surface area contributed by atoms with E-state index in [0.29, 0.717) is 11.1 Å². The lowest BCUT2D eigenvalue weighted by Gasteiger charge is -2.11. The number of aryl methyl sites for hydroxylation is 1. The molecule has 0 fully saturated rings. The topological polar surface area (TPSA) is 59.4 Å². The lowest BCUT2D eigenvalue weighted by molar-refractivity contribution is -0.136. The maximum absolute atomic E-state index is 12.2. The Labute approximate surface area is 123 Å². The van der Waals surface area contributed by atoms with Crippen molar-refractivity contribution in [3.05, 3.63) is 65.5 Å². The highest BCUT2D eigenvalue weighted by atomic mass is 16.5. The summed E-state index contributed by atoms with van der Waals surface area (Å²) in [5.74, 6) is -0.654. The highest BCUT2D eigenvalue weighted by molar-refractivity contribution is 6.23. The van der Waals surface area contributed by atoms with E-state index in [1.165, 1.54) is 0 Å². The van der Waals surface area contributed by atoms with Gasteiger partial charge in [-0.1, -0.05) is 29.8 Å². The van der Waals surface area contributed by atoms with Gasteiger partial charge in [-0.25, -0.2) is 4.79 Å². The van der Waals surface area contributed by atoms with E-state index >= 15 is 0 Å². The van der Waals surface area contributed by atoms with E-state index in [1.54, 1.807) is 37.5 Å². The van der Waals surface area contributed by atoms with Crippen LogP contribution < -0.4 is 0 Å². The van der Waals surface area contributed by atoms with E-state index in [1.807, 2.05) is 25.1 Å². The largest absolute Gasteiger partial charge is 0.506 e. The minimum Gasteiger partial charge on any atom is -0.506 e. The summed E-state index contributed by atoms with van der Waals surface area (Å²) in [5.41, 5.74) is 2.31. The van der Waals surface area contributed by atoms with Crippen LogP contribution in [0, 0.1) is 6.92 Å². The summed E-state index contributed by atoms with van der Waals surface area (Å²) in [5, 5.41) is 10.5. The Hall–Kier alpha value is -2.62. The van der Waals surface area contributed by atoms with Crippen LogP contribution in [0.15, 0.2) is 48.8 Å². The van der Waals surface area contributed by atoms with Crippen molar-refractivity contribution in [3.63, 3.8) is 0 Å². The zero-order valence-electron chi connectivity index (χ0n) is 12.0. The first-order valence-electron chi connectivity index (χ1n) is 6.71. The number of aromatic nitrogens is 1. The number of esters is 1. The Morgan fingerprint density at radius 1 is 1.19 bits per heavy atom. The molecule has 0 bridgehead atoms. The number of nitrogens with zero attached hydrogens (tertiary/aromatic N) is 1. The molecule has 1 heterocycles. The molecule has 108 valence electrons. The van der Waals surface area contributed by atoms with E-state index in [0.717, 1.165) is 5.56 Å². The fraction of sp³-hybridized carbons (Fsp3) is 0.176. The summed E-state index contributed by atoms with van der Waals surface area (Å²) < 4.78 is 5.07. The second kappa shape index (κ2) is 6.70. The van der Waals surface area contributed by atoms with Crippen LogP contribution in [0.5, 0.6) is 0 Å². The van der Waals surface area contributed by atoms with Crippen LogP contribution in [0.3, 0.4) is 0 Å². The molecule has 0 saturated carbocycles. The first-order valence-corrected chi connectivity index (χ1v) is 6.71. The third-order valence-electron chi connectivity index (χ3n) is 2.98. The molecule has 1 N–H and O–H groups in total. The molecule has 1 aromatic carbocycles. The first kappa shape index (κ1) is 14.8. The van der Waals surface area contributed by atoms with Gasteiger partial charge in [0.05, 0.1) is 6.61 Å². The predicted octanol–water partition coefficient (Wildman–Crippen LogP) is 3.38. The molecule has 0 unspecified atom stereocenters. The second-order valence-corrected chi connectivity index (χ2v) is 4.55. The molecule has 0 aliphatic rings. The molecule has 2 rings (SSSR count). The summed E-state index contributed by atoms with van der Waals surface area (Å²) >= 11 is 0. The Morgan fingerprint density at radius 2 is 1.90 bits per heavy atom. The third kappa shape index (κ3) is 3.48. The summed E-state index contributed by atoms with van der Waals surface area (Å²) in [4.78, 5) is 16.1. The molecule has 0 atom stereocenters. The van der Waals surface area contributed by atoms with Crippen molar-refractivity contribution in [1.82, 2.24) is 4.98 Å². The van der Waals surface area contributed by atoms with Gasteiger partial charge in [0.25, 0.3) is 0 Å². The Morgan fingerprint density at radius 3 is 2.52 bits per heavy atom. The van der Waals surface area contributed by atoms with Crippen LogP contribution in [-0.2, 0) is 9.53 Å². The number of aliphatic hydroxyl groups is 1. The van der Waals surface area contributed by atoms with Gasteiger partial charge < -0.3 is 9.84 Å². The molecule has 21 heavy (non-hydrogen) atoms. The second-order valence-electron chi connectivity index (χ2n) is 4.55. The van der Waals surface area contributed by atoms with Gasteiger partial charge in [-0.3, -0.25) is 4.98 Å². The minimum atomic E-state index is -0.544. The monoisotopic (exact) mass is 283 g/mol. The van der Waals surface area contributed by atoms with E-state index < -0.39 is 5.97 Å². The molecule has 0 radical (unpaired) electrons. The molecule has 0 amide bonds. The normalized spacial score (nSPS) is 11.7. The Balaban J connectivity index is 2.58. The number of aliphatic hydroxyl groups excluding tert-OH is 1. The first-order chi connectivity index (χ1) is 10.1. The number of carbonyl (C=O) groups excluding carboxylic acids is 1. The van der Waals surface area contributed by atoms with Gasteiger partial charge in [0.2, 0.25) is 0 Å². The number of pyridine rings is 1. The highest BCUT2D eigenvalue weighted by Crippen LogP contribution is 2.26. The molecule has 4 nitrogen and oxygen atoms in total. The minimum absolute atomic E-state index is 0.110. The zero-order chi connectivity index (χ0) is 15.2. The van der Waals surface area contributed by atoms with Crippen LogP contribution in [0.1, 0.15) is 23.6 Å². The smallest absolute Gasteiger partial charge is 0.342 e. The van der Waals surface area contributed by atoms with Crippen molar-refractivity contribution in [1.29, 1.82) is 0 Å². The number of carbonyl (C=O) groups is 1. The molecular weight excluding hydrogens is 266 g/mol. The van der Waals surface area contributed by atoms with Crippen LogP contribution >= 0.6 is 0 Å². The molecule has 0 spiro atoms. The summed E-state index contributed by atoms with van der Waals surface area (Å²) in [6, 6.07) is 10.7. The van der Waals surface area contributed by atoms with Crippen LogP contribution in [0.2, 0.25) is 0 Å². The van der Waals surface area contributed by atoms with Crippen molar-refractivity contribution < 1.29 is 14.6 Å². The van der Waals surface area contributed by atoms with Gasteiger partial charge in [-0.2, -0.15) is 0 Å². The number of benzene rings is 1. The van der Waals surface area contributed by atoms with Gasteiger partial charge in [-0.05, 0) is 31.5 Å². The number of ether oxygens (including phenoxy) is 1. The van der Waals surface area contributed by atoms with Crippen LogP contribution in [0.25, 0.3) is 11.3 Å². The number of hydrogen-bond donors (Lipinski definition) is 1. The lowest BCUT2D eigenvalue weighted by atomic mass is 10.00. The Bertz CT molecular complexity index is 663. The van der Waals surface area contributed by atoms with Gasteiger partial charge in [0.15, 0.2) is 0 Å². The highest BCUT2D eigenvalue weighted by Gasteiger charge is 2.20. The average molecular weight is 283 g/mol. The molecule has 0 saturated heterocycles. The van der Waals surface area contributed by atoms with Gasteiger partial charge in [0, 0.05) is 18.0 Å². The van der Waals surface area contributed by atoms with Gasteiger partial charge >= 0.3 is 5.97 Å². The molecular formula is C17H17NO3. The van der Waals surface area contributed by atoms with Crippen molar-refractivity contribution >= 4 is 17.3 Å². The molecule has 2 aromatic rings. The summed E-state index contributed by atoms with van der Waals surface area (Å²) in [6.07, 6.45) is 3.12. The zero-order valence-corrected chi connectivity index (χ0v) is 12.0. The summed E-state index contributed by atoms with van der Waals surface area (Å²) in [7, 11) is 0. The maximum atomic E-state index is 12.2. The van der Waals surface area contributed by atoms with Crippen molar-refractivity contribution in [3.8, 4) is 0 Å². The molecule has 4 heteroatoms. The fourth-order valence-corrected chi connectivity index (χ4v) is 2.01. The van der Waals surface area contributed by atoms with Crippen molar-refractivity contribution in [2.45, 2.75) is 13.8 Å². The number of hydrogen-bond acceptors (Lipinski definition) is 4. The molecule has 1 aromatic heterocycles. The Kier molecular flexibility index (Phi) is 4.72. The van der Waals surface area contributed by atoms with E-state index in [9.17, 15) is 9.90 Å². The maximum Gasteiger partial charge on any atom is 0.342 e. The van der Waals surface area contributed by atoms with Crippen LogP contribution in [0.4, 0.5) is 0 Å². The van der Waals surface area contributed by atoms with Gasteiger partial charge in [-0.15, -0.1) is 0 Å². The summed E-state index contributed by atoms with van der Waals surface area (Å²) in [6.45, 7) is 3.91. The molecule has 0 aliphatic carbocycles. The van der Waals surface area contributed by atoms with Gasteiger partial charge in [0.1, 0.15) is 11.3 Å². The van der Waals surface area contributed by atoms with E-state index in [2.05, 4.69) is 4.98 Å². The SMILES string of the molecule is CCOC(=O)/C(=C(\O)c1ccncc1)c1cccc(C)c1. The van der Waals surface area contributed by atoms with E-state index in [4.69, 9.17) is 4.74 Å². The third-order valence-corrected chi connectivity index (χ3v) is 2.98. The van der Waals surface area contributed by atoms with E-state index in [-0.39, 0.29) is 17.9 Å².